The van der Waals surface area contributed by atoms with Crippen molar-refractivity contribution in [3.8, 4) is 0 Å². The van der Waals surface area contributed by atoms with E-state index in [-0.39, 0.29) is 42.1 Å². The molecule has 1 aliphatic heterocycles. The van der Waals surface area contributed by atoms with Crippen molar-refractivity contribution in [1.29, 1.82) is 0 Å². The van der Waals surface area contributed by atoms with Gasteiger partial charge in [-0.15, -0.1) is 0 Å². The third kappa shape index (κ3) is 12.5. The van der Waals surface area contributed by atoms with E-state index in [1.807, 2.05) is 13.8 Å². The highest BCUT2D eigenvalue weighted by Gasteiger charge is 2.35. The minimum Gasteiger partial charge on any atom is -0.370 e. The van der Waals surface area contributed by atoms with E-state index in [9.17, 15) is 32.4 Å². The summed E-state index contributed by atoms with van der Waals surface area (Å²) in [7, 11) is -3.88. The molecule has 1 heterocycles. The zero-order valence-electron chi connectivity index (χ0n) is 26.5. The molecule has 0 spiro atoms. The van der Waals surface area contributed by atoms with E-state index in [4.69, 9.17) is 17.2 Å². The summed E-state index contributed by atoms with van der Waals surface area (Å²) in [6.07, 6.45) is 2.48. The Morgan fingerprint density at radius 2 is 1.65 bits per heavy atom. The van der Waals surface area contributed by atoms with Crippen molar-refractivity contribution in [3.63, 3.8) is 0 Å². The van der Waals surface area contributed by atoms with Crippen LogP contribution in [0.25, 0.3) is 0 Å². The number of nitrogens with zero attached hydrogens (tertiary/aromatic N) is 2. The minimum absolute atomic E-state index is 0.0253. The van der Waals surface area contributed by atoms with Crippen LogP contribution < -0.4 is 33.2 Å². The van der Waals surface area contributed by atoms with Gasteiger partial charge in [-0.3, -0.25) is 29.0 Å². The van der Waals surface area contributed by atoms with Gasteiger partial charge < -0.3 is 38.1 Å². The van der Waals surface area contributed by atoms with Crippen LogP contribution in [0, 0.1) is 5.92 Å². The number of carbonyl (C=O) groups is 5. The van der Waals surface area contributed by atoms with E-state index in [2.05, 4.69) is 20.9 Å². The number of primary amides is 1. The number of benzene rings is 1. The molecule has 46 heavy (non-hydrogen) atoms. The van der Waals surface area contributed by atoms with Crippen LogP contribution in [0.3, 0.4) is 0 Å². The van der Waals surface area contributed by atoms with Gasteiger partial charge >= 0.3 is 0 Å². The molecule has 1 aliphatic rings. The predicted molar refractivity (Wildman–Crippen MR) is 172 cm³/mol. The zero-order valence-corrected chi connectivity index (χ0v) is 27.3. The third-order valence-corrected chi connectivity index (χ3v) is 8.63. The van der Waals surface area contributed by atoms with E-state index >= 15 is 0 Å². The second-order valence-electron chi connectivity index (χ2n) is 11.5. The fourth-order valence-electron chi connectivity index (χ4n) is 4.99. The van der Waals surface area contributed by atoms with Crippen molar-refractivity contribution in [1.82, 2.24) is 20.9 Å². The lowest BCUT2D eigenvalue weighted by Crippen LogP contribution is -2.57. The third-order valence-electron chi connectivity index (χ3n) is 7.19. The van der Waals surface area contributed by atoms with E-state index < -0.39 is 64.1 Å². The van der Waals surface area contributed by atoms with Crippen molar-refractivity contribution in [2.75, 3.05) is 13.1 Å². The fourth-order valence-corrected chi connectivity index (χ4v) is 6.08. The molecule has 0 unspecified atom stereocenters. The summed E-state index contributed by atoms with van der Waals surface area (Å²) in [4.78, 5) is 69.4. The topological polar surface area (TPSA) is 249 Å². The number of guanidine groups is 1. The van der Waals surface area contributed by atoms with Gasteiger partial charge in [-0.05, 0) is 50.2 Å². The number of aliphatic imine (C=N–C) groups is 1. The van der Waals surface area contributed by atoms with Crippen LogP contribution >= 0.6 is 0 Å². The highest BCUT2D eigenvalue weighted by Crippen LogP contribution is 2.18. The van der Waals surface area contributed by atoms with Gasteiger partial charge in [-0.1, -0.05) is 38.1 Å². The molecule has 0 aliphatic carbocycles. The molecule has 1 aromatic rings. The normalized spacial score (nSPS) is 16.8. The van der Waals surface area contributed by atoms with E-state index in [0.29, 0.717) is 25.8 Å². The van der Waals surface area contributed by atoms with Gasteiger partial charge in [0.1, 0.15) is 18.1 Å². The highest BCUT2D eigenvalue weighted by molar-refractivity contribution is 7.94. The maximum Gasteiger partial charge on any atom is 0.243 e. The molecule has 1 aromatic carbocycles. The molecule has 2 rings (SSSR count). The average Bonchev–Trinajstić information content (AvgIpc) is 3.48. The first-order valence-electron chi connectivity index (χ1n) is 15.1. The Bertz CT molecular complexity index is 1390. The Labute approximate surface area is 269 Å². The lowest BCUT2D eigenvalue weighted by molar-refractivity contribution is -0.138. The molecule has 4 atom stereocenters. The number of nitrogens with one attached hydrogen (secondary N) is 3. The standard InChI is InChI=1S/C30H46N8O7S/c1-19(2)17-24(28(42)35-21(18-26(31)40)13-16-46(44,45)22-9-5-4-6-10-22)37-27(41)23(11-7-14-34-30(32)33)36-29(43)25-12-8-15-38(25)20(3)39/h4-6,9-10,13,16,19,21,23-25H,7-8,11-12,14-15,17-18H2,1-3H3,(H2,31,40)(H,35,42)(H,36,43)(H,37,41)(H4,32,33,34)/b16-13+/t21-,23+,24+,25+/m1/s1. The molecule has 0 radical (unpaired) electrons. The Kier molecular flexibility index (Phi) is 14.7. The van der Waals surface area contributed by atoms with Gasteiger partial charge in [0.25, 0.3) is 0 Å². The van der Waals surface area contributed by atoms with Gasteiger partial charge in [0.05, 0.1) is 17.4 Å². The molecule has 15 nitrogen and oxygen atoms in total. The van der Waals surface area contributed by atoms with Crippen molar-refractivity contribution in [2.24, 2.45) is 28.1 Å². The van der Waals surface area contributed by atoms with Crippen LogP contribution in [0.4, 0.5) is 0 Å². The summed E-state index contributed by atoms with van der Waals surface area (Å²) in [5.41, 5.74) is 16.2. The Morgan fingerprint density at radius 3 is 2.24 bits per heavy atom. The predicted octanol–water partition coefficient (Wildman–Crippen LogP) is -0.586. The second kappa shape index (κ2) is 17.9. The Morgan fingerprint density at radius 1 is 1.00 bits per heavy atom. The number of hydrogen-bond acceptors (Lipinski definition) is 8. The van der Waals surface area contributed by atoms with Crippen LogP contribution in [0.2, 0.25) is 0 Å². The summed E-state index contributed by atoms with van der Waals surface area (Å²) >= 11 is 0. The van der Waals surface area contributed by atoms with E-state index in [1.54, 1.807) is 18.2 Å². The van der Waals surface area contributed by atoms with Crippen molar-refractivity contribution in [3.05, 3.63) is 41.8 Å². The molecule has 16 heteroatoms. The summed E-state index contributed by atoms with van der Waals surface area (Å²) in [6, 6.07) is 3.59. The monoisotopic (exact) mass is 662 g/mol. The van der Waals surface area contributed by atoms with Crippen LogP contribution in [0.15, 0.2) is 51.7 Å². The number of nitrogens with two attached hydrogens (primary N) is 3. The van der Waals surface area contributed by atoms with Crippen LogP contribution in [0.1, 0.15) is 59.3 Å². The molecule has 0 aromatic heterocycles. The molecule has 9 N–H and O–H groups in total. The molecule has 0 bridgehead atoms. The minimum atomic E-state index is -3.88. The Balaban J connectivity index is 2.26. The number of amides is 5. The van der Waals surface area contributed by atoms with Gasteiger partial charge in [0.2, 0.25) is 29.5 Å². The van der Waals surface area contributed by atoms with Crippen molar-refractivity contribution < 1.29 is 32.4 Å². The molecule has 0 saturated carbocycles. The zero-order chi connectivity index (χ0) is 34.4. The maximum atomic E-state index is 13.6. The van der Waals surface area contributed by atoms with Gasteiger partial charge in [0, 0.05) is 25.4 Å². The van der Waals surface area contributed by atoms with Gasteiger partial charge in [-0.2, -0.15) is 0 Å². The van der Waals surface area contributed by atoms with Crippen LogP contribution in [0.5, 0.6) is 0 Å². The smallest absolute Gasteiger partial charge is 0.243 e. The van der Waals surface area contributed by atoms with E-state index in [1.165, 1.54) is 24.0 Å². The molecule has 1 fully saturated rings. The molecule has 1 saturated heterocycles. The van der Waals surface area contributed by atoms with Crippen molar-refractivity contribution >= 4 is 45.3 Å². The summed E-state index contributed by atoms with van der Waals surface area (Å²) < 4.78 is 25.5. The van der Waals surface area contributed by atoms with Crippen LogP contribution in [-0.2, 0) is 33.8 Å². The summed E-state index contributed by atoms with van der Waals surface area (Å²) in [5.74, 6) is -3.07. The van der Waals surface area contributed by atoms with Gasteiger partial charge in [0.15, 0.2) is 15.8 Å². The maximum absolute atomic E-state index is 13.6. The first-order valence-corrected chi connectivity index (χ1v) is 16.7. The first kappa shape index (κ1) is 37.7. The number of likely N-dealkylation sites (tertiary alicyclic amines) is 1. The second-order valence-corrected chi connectivity index (χ2v) is 13.4. The largest absolute Gasteiger partial charge is 0.370 e. The van der Waals surface area contributed by atoms with Gasteiger partial charge in [-0.25, -0.2) is 8.42 Å². The number of sulfone groups is 1. The average molecular weight is 663 g/mol. The number of carbonyl (C=O) groups excluding carboxylic acids is 5. The number of rotatable bonds is 17. The molecule has 5 amide bonds. The highest BCUT2D eigenvalue weighted by atomic mass is 32.2. The van der Waals surface area contributed by atoms with Crippen LogP contribution in [-0.4, -0.2) is 86.1 Å². The molecular weight excluding hydrogens is 616 g/mol. The van der Waals surface area contributed by atoms with E-state index in [0.717, 1.165) is 11.5 Å². The summed E-state index contributed by atoms with van der Waals surface area (Å²) in [6.45, 7) is 5.67. The fraction of sp³-hybridized carbons (Fsp3) is 0.533. The SMILES string of the molecule is CC(=O)N1CCC[C@H]1C(=O)N[C@@H](CCCN=C(N)N)C(=O)N[C@@H](CC(C)C)C(=O)N[C@H](/C=C/S(=O)(=O)c1ccccc1)CC(N)=O. The first-order chi connectivity index (χ1) is 21.6. The quantitative estimate of drug-likeness (QED) is 0.0708. The Hall–Kier alpha value is -4.47. The summed E-state index contributed by atoms with van der Waals surface area (Å²) in [5, 5.41) is 8.92. The lowest BCUT2D eigenvalue weighted by atomic mass is 10.0. The lowest BCUT2D eigenvalue weighted by Gasteiger charge is -2.27. The van der Waals surface area contributed by atoms with Crippen molar-refractivity contribution in [2.45, 2.75) is 88.4 Å². The molecule has 254 valence electrons. The number of hydrogen-bond donors (Lipinski definition) is 6. The molecular formula is C30H46N8O7S.